The minimum absolute atomic E-state index is 0.0659. The van der Waals surface area contributed by atoms with E-state index < -0.39 is 14.9 Å². The number of piperidine rings is 1. The molecule has 0 aromatic heterocycles. The third-order valence-electron chi connectivity index (χ3n) is 5.54. The van der Waals surface area contributed by atoms with Crippen LogP contribution in [0.25, 0.3) is 0 Å². The molecule has 9 heteroatoms. The molecule has 1 N–H and O–H groups in total. The fourth-order valence-corrected chi connectivity index (χ4v) is 5.17. The monoisotopic (exact) mass is 433 g/mol. The number of ether oxygens (including phenoxy) is 1. The lowest BCUT2D eigenvalue weighted by atomic mass is 10.0. The van der Waals surface area contributed by atoms with E-state index in [2.05, 4.69) is 9.62 Å². The molecule has 1 aliphatic rings. The zero-order chi connectivity index (χ0) is 21.7. The van der Waals surface area contributed by atoms with Crippen LogP contribution in [0.1, 0.15) is 36.4 Å². The molecule has 0 spiro atoms. The second-order valence-electron chi connectivity index (χ2n) is 7.39. The maximum atomic E-state index is 13.0. The summed E-state index contributed by atoms with van der Waals surface area (Å²) in [7, 11) is -2.30. The van der Waals surface area contributed by atoms with Gasteiger partial charge in [0, 0.05) is 24.2 Å². The summed E-state index contributed by atoms with van der Waals surface area (Å²) >= 11 is 0. The topological polar surface area (TPSA) is 102 Å². The number of sulfonamides is 1. The van der Waals surface area contributed by atoms with E-state index in [4.69, 9.17) is 4.74 Å². The van der Waals surface area contributed by atoms with E-state index >= 15 is 0 Å². The highest BCUT2D eigenvalue weighted by molar-refractivity contribution is 7.89. The van der Waals surface area contributed by atoms with Crippen molar-refractivity contribution in [2.24, 2.45) is 0 Å². The van der Waals surface area contributed by atoms with Gasteiger partial charge in [0.25, 0.3) is 5.69 Å². The maximum absolute atomic E-state index is 13.0. The molecular weight excluding hydrogens is 406 g/mol. The Morgan fingerprint density at radius 2 is 1.80 bits per heavy atom. The summed E-state index contributed by atoms with van der Waals surface area (Å²) in [6.07, 6.45) is 3.32. The van der Waals surface area contributed by atoms with E-state index in [0.717, 1.165) is 37.2 Å². The van der Waals surface area contributed by atoms with Crippen molar-refractivity contribution in [2.75, 3.05) is 26.7 Å². The number of nitrogens with one attached hydrogen (secondary N) is 1. The van der Waals surface area contributed by atoms with Gasteiger partial charge in [-0.2, -0.15) is 0 Å². The molecule has 0 saturated carbocycles. The lowest BCUT2D eigenvalue weighted by molar-refractivity contribution is -0.385. The predicted octanol–water partition coefficient (Wildman–Crippen LogP) is 3.42. The van der Waals surface area contributed by atoms with Gasteiger partial charge in [-0.15, -0.1) is 0 Å². The Hall–Kier alpha value is -2.49. The van der Waals surface area contributed by atoms with Crippen LogP contribution < -0.4 is 9.46 Å². The largest absolute Gasteiger partial charge is 0.497 e. The van der Waals surface area contributed by atoms with Crippen LogP contribution in [0.2, 0.25) is 0 Å². The Balaban J connectivity index is 1.85. The first-order valence-electron chi connectivity index (χ1n) is 9.95. The maximum Gasteiger partial charge on any atom is 0.273 e. The number of rotatable bonds is 8. The molecule has 162 valence electrons. The van der Waals surface area contributed by atoms with E-state index in [1.807, 2.05) is 24.3 Å². The van der Waals surface area contributed by atoms with Crippen LogP contribution >= 0.6 is 0 Å². The predicted molar refractivity (Wildman–Crippen MR) is 114 cm³/mol. The number of hydrogen-bond acceptors (Lipinski definition) is 6. The van der Waals surface area contributed by atoms with Gasteiger partial charge in [0.1, 0.15) is 5.75 Å². The van der Waals surface area contributed by atoms with Crippen molar-refractivity contribution in [3.63, 3.8) is 0 Å². The van der Waals surface area contributed by atoms with Crippen LogP contribution in [0.4, 0.5) is 5.69 Å². The molecule has 1 aliphatic heterocycles. The van der Waals surface area contributed by atoms with E-state index in [-0.39, 0.29) is 28.7 Å². The third kappa shape index (κ3) is 4.97. The molecule has 0 aliphatic carbocycles. The normalized spacial score (nSPS) is 16.2. The Labute approximate surface area is 177 Å². The number of hydrogen-bond donors (Lipinski definition) is 1. The molecule has 2 aromatic rings. The van der Waals surface area contributed by atoms with Crippen LogP contribution in [0.5, 0.6) is 5.75 Å². The van der Waals surface area contributed by atoms with Gasteiger partial charge in [-0.1, -0.05) is 24.6 Å². The van der Waals surface area contributed by atoms with Crippen LogP contribution in [-0.2, 0) is 10.0 Å². The molecule has 1 atom stereocenters. The van der Waals surface area contributed by atoms with Gasteiger partial charge in [-0.25, -0.2) is 13.1 Å². The van der Waals surface area contributed by atoms with Crippen molar-refractivity contribution in [3.05, 3.63) is 63.7 Å². The van der Waals surface area contributed by atoms with Gasteiger partial charge in [-0.3, -0.25) is 15.0 Å². The van der Waals surface area contributed by atoms with Crippen molar-refractivity contribution in [1.29, 1.82) is 0 Å². The van der Waals surface area contributed by atoms with Crippen molar-refractivity contribution >= 4 is 15.7 Å². The van der Waals surface area contributed by atoms with E-state index in [9.17, 15) is 18.5 Å². The van der Waals surface area contributed by atoms with E-state index in [1.54, 1.807) is 7.11 Å². The summed E-state index contributed by atoms with van der Waals surface area (Å²) in [5.41, 5.74) is 0.922. The summed E-state index contributed by atoms with van der Waals surface area (Å²) in [6, 6.07) is 11.6. The average molecular weight is 434 g/mol. The van der Waals surface area contributed by atoms with Crippen molar-refractivity contribution in [2.45, 2.75) is 37.1 Å². The van der Waals surface area contributed by atoms with Gasteiger partial charge < -0.3 is 4.74 Å². The standard InChI is InChI=1S/C21H27N3O5S/c1-16-19(24(25)26)7-6-8-21(16)30(27,28)22-15-20(23-13-4-3-5-14-23)17-9-11-18(29-2)12-10-17/h6-12,20,22H,3-5,13-15H2,1-2H3. The minimum Gasteiger partial charge on any atom is -0.497 e. The van der Waals surface area contributed by atoms with Crippen LogP contribution in [0.15, 0.2) is 47.4 Å². The Morgan fingerprint density at radius 3 is 2.40 bits per heavy atom. The summed E-state index contributed by atoms with van der Waals surface area (Å²) in [4.78, 5) is 12.8. The lowest BCUT2D eigenvalue weighted by Gasteiger charge is -2.35. The number of likely N-dealkylation sites (tertiary alicyclic amines) is 1. The first-order valence-corrected chi connectivity index (χ1v) is 11.4. The number of benzene rings is 2. The second kappa shape index (κ2) is 9.55. The van der Waals surface area contributed by atoms with Crippen molar-refractivity contribution in [1.82, 2.24) is 9.62 Å². The van der Waals surface area contributed by atoms with E-state index in [0.29, 0.717) is 0 Å². The average Bonchev–Trinajstić information content (AvgIpc) is 2.75. The van der Waals surface area contributed by atoms with Gasteiger partial charge in [-0.05, 0) is 56.6 Å². The molecule has 2 aromatic carbocycles. The Kier molecular flexibility index (Phi) is 7.06. The summed E-state index contributed by atoms with van der Waals surface area (Å²) in [5, 5.41) is 11.2. The number of nitro benzene ring substituents is 1. The molecule has 1 unspecified atom stereocenters. The number of methoxy groups -OCH3 is 1. The quantitative estimate of drug-likeness (QED) is 0.506. The molecule has 0 amide bonds. The molecule has 1 fully saturated rings. The summed E-state index contributed by atoms with van der Waals surface area (Å²) in [6.45, 7) is 3.43. The smallest absolute Gasteiger partial charge is 0.273 e. The SMILES string of the molecule is COc1ccc(C(CNS(=O)(=O)c2cccc([N+](=O)[O-])c2C)N2CCCCC2)cc1. The highest BCUT2D eigenvalue weighted by Crippen LogP contribution is 2.28. The third-order valence-corrected chi connectivity index (χ3v) is 7.11. The van der Waals surface area contributed by atoms with Crippen LogP contribution in [0.3, 0.4) is 0 Å². The van der Waals surface area contributed by atoms with E-state index in [1.165, 1.54) is 31.5 Å². The van der Waals surface area contributed by atoms with Crippen LogP contribution in [0, 0.1) is 17.0 Å². The highest BCUT2D eigenvalue weighted by atomic mass is 32.2. The first kappa shape index (κ1) is 22.2. The number of nitro groups is 1. The van der Waals surface area contributed by atoms with Gasteiger partial charge in [0.15, 0.2) is 0 Å². The molecule has 0 radical (unpaired) electrons. The Morgan fingerprint density at radius 1 is 1.13 bits per heavy atom. The molecule has 0 bridgehead atoms. The second-order valence-corrected chi connectivity index (χ2v) is 9.13. The number of nitrogens with zero attached hydrogens (tertiary/aromatic N) is 2. The molecular formula is C21H27N3O5S. The fraction of sp³-hybridized carbons (Fsp3) is 0.429. The summed E-state index contributed by atoms with van der Waals surface area (Å²) < 4.78 is 33.9. The molecule has 3 rings (SSSR count). The van der Waals surface area contributed by atoms with Crippen molar-refractivity contribution in [3.8, 4) is 5.75 Å². The molecule has 30 heavy (non-hydrogen) atoms. The minimum atomic E-state index is -3.91. The molecule has 8 nitrogen and oxygen atoms in total. The summed E-state index contributed by atoms with van der Waals surface area (Å²) in [5.74, 6) is 0.740. The highest BCUT2D eigenvalue weighted by Gasteiger charge is 2.27. The zero-order valence-corrected chi connectivity index (χ0v) is 18.0. The van der Waals surface area contributed by atoms with Gasteiger partial charge in [0.2, 0.25) is 10.0 Å². The van der Waals surface area contributed by atoms with Crippen molar-refractivity contribution < 1.29 is 18.1 Å². The first-order chi connectivity index (χ1) is 14.3. The fourth-order valence-electron chi connectivity index (χ4n) is 3.87. The van der Waals surface area contributed by atoms with Gasteiger partial charge >= 0.3 is 0 Å². The molecule has 1 heterocycles. The Bertz CT molecular complexity index is 986. The zero-order valence-electron chi connectivity index (χ0n) is 17.2. The molecule has 1 saturated heterocycles. The van der Waals surface area contributed by atoms with Crippen LogP contribution in [-0.4, -0.2) is 45.0 Å². The lowest BCUT2D eigenvalue weighted by Crippen LogP contribution is -2.40. The van der Waals surface area contributed by atoms with Gasteiger partial charge in [0.05, 0.1) is 16.9 Å².